The van der Waals surface area contributed by atoms with Crippen LogP contribution in [0.4, 0.5) is 0 Å². The van der Waals surface area contributed by atoms with Gasteiger partial charge in [0.15, 0.2) is 0 Å². The van der Waals surface area contributed by atoms with Gasteiger partial charge in [-0.2, -0.15) is 5.26 Å². The van der Waals surface area contributed by atoms with E-state index < -0.39 is 0 Å². The fraction of sp³-hybridized carbons (Fsp3) is 0.350. The molecule has 1 heteroatoms. The van der Waals surface area contributed by atoms with Crippen molar-refractivity contribution in [2.45, 2.75) is 44.9 Å². The quantitative estimate of drug-likeness (QED) is 0.783. The number of nitriles is 1. The fourth-order valence-corrected chi connectivity index (χ4v) is 3.52. The second-order valence-corrected chi connectivity index (χ2v) is 6.30. The van der Waals surface area contributed by atoms with Gasteiger partial charge in [-0.05, 0) is 67.3 Å². The first-order chi connectivity index (χ1) is 10.1. The maximum Gasteiger partial charge on any atom is 0.0865 e. The zero-order valence-electron chi connectivity index (χ0n) is 12.8. The molecule has 1 nitrogen and oxygen atoms in total. The molecule has 0 bridgehead atoms. The second kappa shape index (κ2) is 5.37. The molecule has 21 heavy (non-hydrogen) atoms. The van der Waals surface area contributed by atoms with Crippen LogP contribution in [0.25, 0.3) is 0 Å². The number of nitrogens with zero attached hydrogens (tertiary/aromatic N) is 1. The Morgan fingerprint density at radius 3 is 2.67 bits per heavy atom. The number of rotatable bonds is 2. The maximum absolute atomic E-state index is 9.92. The summed E-state index contributed by atoms with van der Waals surface area (Å²) < 4.78 is 0. The predicted molar refractivity (Wildman–Crippen MR) is 86.3 cm³/mol. The molecular weight excluding hydrogens is 254 g/mol. The second-order valence-electron chi connectivity index (χ2n) is 6.30. The molecule has 0 radical (unpaired) electrons. The normalized spacial score (nSPS) is 20.6. The highest BCUT2D eigenvalue weighted by atomic mass is 14.4. The molecule has 0 heterocycles. The molecule has 1 aliphatic rings. The lowest BCUT2D eigenvalue weighted by molar-refractivity contribution is 0.450. The molecule has 0 fully saturated rings. The minimum atomic E-state index is -0.351. The SMILES string of the molecule is Cc1ccc(CC2(C#N)CCCc3ccccc32)cc1C. The van der Waals surface area contributed by atoms with Gasteiger partial charge in [0.1, 0.15) is 0 Å². The van der Waals surface area contributed by atoms with Crippen LogP contribution in [0.3, 0.4) is 0 Å². The summed E-state index contributed by atoms with van der Waals surface area (Å²) in [7, 11) is 0. The first-order valence-corrected chi connectivity index (χ1v) is 7.70. The Labute approximate surface area is 127 Å². The van der Waals surface area contributed by atoms with Crippen LogP contribution >= 0.6 is 0 Å². The first kappa shape index (κ1) is 13.9. The molecule has 1 atom stereocenters. The monoisotopic (exact) mass is 275 g/mol. The van der Waals surface area contributed by atoms with E-state index in [1.807, 2.05) is 0 Å². The third-order valence-corrected chi connectivity index (χ3v) is 4.87. The number of fused-ring (bicyclic) bond motifs is 1. The Kier molecular flexibility index (Phi) is 3.55. The van der Waals surface area contributed by atoms with Crippen molar-refractivity contribution in [1.82, 2.24) is 0 Å². The van der Waals surface area contributed by atoms with Crippen molar-refractivity contribution in [2.24, 2.45) is 0 Å². The standard InChI is InChI=1S/C20H21N/c1-15-9-10-17(12-16(15)2)13-20(14-21)11-5-7-18-6-3-4-8-19(18)20/h3-4,6,8-10,12H,5,7,11,13H2,1-2H3. The largest absolute Gasteiger partial charge is 0.197 e. The van der Waals surface area contributed by atoms with Crippen LogP contribution in [0.15, 0.2) is 42.5 Å². The summed E-state index contributed by atoms with van der Waals surface area (Å²) >= 11 is 0. The third-order valence-electron chi connectivity index (χ3n) is 4.87. The van der Waals surface area contributed by atoms with E-state index in [2.05, 4.69) is 62.4 Å². The molecular formula is C20H21N. The highest BCUT2D eigenvalue weighted by Crippen LogP contribution is 2.39. The summed E-state index contributed by atoms with van der Waals surface area (Å²) in [4.78, 5) is 0. The summed E-state index contributed by atoms with van der Waals surface area (Å²) in [6.07, 6.45) is 4.00. The van der Waals surface area contributed by atoms with Gasteiger partial charge in [-0.3, -0.25) is 0 Å². The minimum Gasteiger partial charge on any atom is -0.197 e. The van der Waals surface area contributed by atoms with E-state index in [9.17, 15) is 5.26 Å². The van der Waals surface area contributed by atoms with Crippen LogP contribution < -0.4 is 0 Å². The van der Waals surface area contributed by atoms with E-state index in [1.165, 1.54) is 27.8 Å². The average Bonchev–Trinajstić information content (AvgIpc) is 2.51. The molecule has 1 unspecified atom stereocenters. The zero-order chi connectivity index (χ0) is 14.9. The van der Waals surface area contributed by atoms with Crippen LogP contribution in [0.2, 0.25) is 0 Å². The van der Waals surface area contributed by atoms with Gasteiger partial charge in [0.05, 0.1) is 11.5 Å². The van der Waals surface area contributed by atoms with Crippen molar-refractivity contribution in [3.63, 3.8) is 0 Å². The lowest BCUT2D eigenvalue weighted by Crippen LogP contribution is -2.31. The van der Waals surface area contributed by atoms with Crippen LogP contribution in [-0.2, 0) is 18.3 Å². The molecule has 1 aliphatic carbocycles. The molecule has 106 valence electrons. The number of hydrogen-bond acceptors (Lipinski definition) is 1. The Morgan fingerprint density at radius 1 is 1.10 bits per heavy atom. The number of benzene rings is 2. The summed E-state index contributed by atoms with van der Waals surface area (Å²) in [5, 5.41) is 9.92. The third kappa shape index (κ3) is 2.47. The van der Waals surface area contributed by atoms with Crippen molar-refractivity contribution < 1.29 is 0 Å². The van der Waals surface area contributed by atoms with Crippen molar-refractivity contribution >= 4 is 0 Å². The van der Waals surface area contributed by atoms with Gasteiger partial charge in [-0.25, -0.2) is 0 Å². The number of aryl methyl sites for hydroxylation is 3. The summed E-state index contributed by atoms with van der Waals surface area (Å²) in [6.45, 7) is 4.28. The highest BCUT2D eigenvalue weighted by Gasteiger charge is 2.36. The minimum absolute atomic E-state index is 0.351. The van der Waals surface area contributed by atoms with Crippen LogP contribution in [0.5, 0.6) is 0 Å². The highest BCUT2D eigenvalue weighted by molar-refractivity contribution is 5.44. The Hall–Kier alpha value is -2.07. The molecule has 0 spiro atoms. The van der Waals surface area contributed by atoms with Gasteiger partial charge in [0.25, 0.3) is 0 Å². The van der Waals surface area contributed by atoms with Crippen molar-refractivity contribution in [1.29, 1.82) is 5.26 Å². The molecule has 0 amide bonds. The maximum atomic E-state index is 9.92. The molecule has 0 saturated carbocycles. The van der Waals surface area contributed by atoms with Crippen molar-refractivity contribution in [2.75, 3.05) is 0 Å². The van der Waals surface area contributed by atoms with Gasteiger partial charge >= 0.3 is 0 Å². The van der Waals surface area contributed by atoms with Crippen molar-refractivity contribution in [3.8, 4) is 6.07 Å². The van der Waals surface area contributed by atoms with Crippen molar-refractivity contribution in [3.05, 3.63) is 70.3 Å². The van der Waals surface area contributed by atoms with Gasteiger partial charge in [-0.1, -0.05) is 42.5 Å². The van der Waals surface area contributed by atoms with Crippen LogP contribution in [0, 0.1) is 25.2 Å². The zero-order valence-corrected chi connectivity index (χ0v) is 12.8. The Balaban J connectivity index is 2.02. The molecule has 0 aliphatic heterocycles. The van der Waals surface area contributed by atoms with Crippen LogP contribution in [-0.4, -0.2) is 0 Å². The van der Waals surface area contributed by atoms with Gasteiger partial charge in [0.2, 0.25) is 0 Å². The molecule has 2 aromatic rings. The van der Waals surface area contributed by atoms with E-state index >= 15 is 0 Å². The molecule has 2 aromatic carbocycles. The predicted octanol–water partition coefficient (Wildman–Crippen LogP) is 4.64. The fourth-order valence-electron chi connectivity index (χ4n) is 3.52. The van der Waals surface area contributed by atoms with E-state index in [4.69, 9.17) is 0 Å². The van der Waals surface area contributed by atoms with E-state index in [0.29, 0.717) is 0 Å². The smallest absolute Gasteiger partial charge is 0.0865 e. The molecule has 0 saturated heterocycles. The summed E-state index contributed by atoms with van der Waals surface area (Å²) in [6, 6.07) is 17.7. The topological polar surface area (TPSA) is 23.8 Å². The van der Waals surface area contributed by atoms with E-state index in [1.54, 1.807) is 0 Å². The molecule has 0 aromatic heterocycles. The Bertz CT molecular complexity index is 708. The average molecular weight is 275 g/mol. The Morgan fingerprint density at radius 2 is 1.90 bits per heavy atom. The molecule has 0 N–H and O–H groups in total. The summed E-state index contributed by atoms with van der Waals surface area (Å²) in [5.41, 5.74) is 6.15. The number of hydrogen-bond donors (Lipinski definition) is 0. The van der Waals surface area contributed by atoms with E-state index in [-0.39, 0.29) is 5.41 Å². The van der Waals surface area contributed by atoms with Gasteiger partial charge in [0, 0.05) is 0 Å². The van der Waals surface area contributed by atoms with E-state index in [0.717, 1.165) is 25.7 Å². The van der Waals surface area contributed by atoms with Gasteiger partial charge < -0.3 is 0 Å². The first-order valence-electron chi connectivity index (χ1n) is 7.70. The van der Waals surface area contributed by atoms with Crippen LogP contribution in [0.1, 0.15) is 40.7 Å². The van der Waals surface area contributed by atoms with Gasteiger partial charge in [-0.15, -0.1) is 0 Å². The molecule has 3 rings (SSSR count). The lowest BCUT2D eigenvalue weighted by Gasteiger charge is -2.33. The summed E-state index contributed by atoms with van der Waals surface area (Å²) in [5.74, 6) is 0. The lowest BCUT2D eigenvalue weighted by atomic mass is 9.68.